The van der Waals surface area contributed by atoms with Crippen LogP contribution in [0.3, 0.4) is 0 Å². The Bertz CT molecular complexity index is 518. The minimum atomic E-state index is 0.618. The number of thiazole rings is 1. The number of hydrogen-bond donors (Lipinski definition) is 1. The van der Waals surface area contributed by atoms with E-state index in [0.717, 1.165) is 6.54 Å². The van der Waals surface area contributed by atoms with Crippen LogP contribution >= 0.6 is 11.3 Å². The van der Waals surface area contributed by atoms with Gasteiger partial charge in [-0.3, -0.25) is 4.90 Å². The molecule has 1 aromatic carbocycles. The van der Waals surface area contributed by atoms with Crippen molar-refractivity contribution in [2.75, 3.05) is 13.6 Å². The highest BCUT2D eigenvalue weighted by molar-refractivity contribution is 7.09. The first-order valence-electron chi connectivity index (χ1n) is 5.68. The molecule has 0 fully saturated rings. The summed E-state index contributed by atoms with van der Waals surface area (Å²) in [7, 11) is 2.26. The first-order valence-corrected chi connectivity index (χ1v) is 6.56. The minimum absolute atomic E-state index is 0.618. The lowest BCUT2D eigenvalue weighted by molar-refractivity contribution is -0.812. The quantitative estimate of drug-likeness (QED) is 0.655. The molecular weight excluding hydrogens is 216 g/mol. The maximum absolute atomic E-state index is 2.35. The van der Waals surface area contributed by atoms with Crippen molar-refractivity contribution in [2.24, 2.45) is 0 Å². The van der Waals surface area contributed by atoms with Crippen molar-refractivity contribution in [3.63, 3.8) is 0 Å². The number of nitrogens with one attached hydrogen (secondary N) is 1. The lowest BCUT2D eigenvalue weighted by atomic mass is 10.2. The summed E-state index contributed by atoms with van der Waals surface area (Å²) in [5.74, 6) is 0.618. The third kappa shape index (κ3) is 1.39. The van der Waals surface area contributed by atoms with E-state index in [-0.39, 0.29) is 0 Å². The zero-order valence-electron chi connectivity index (χ0n) is 9.60. The van der Waals surface area contributed by atoms with Gasteiger partial charge in [-0.25, -0.2) is 0 Å². The normalized spacial score (nSPS) is 23.4. The highest BCUT2D eigenvalue weighted by Gasteiger charge is 2.33. The van der Waals surface area contributed by atoms with Gasteiger partial charge in [-0.2, -0.15) is 0 Å². The second-order valence-electron chi connectivity index (χ2n) is 4.51. The molecular formula is C13H16N2S+2. The van der Waals surface area contributed by atoms with Crippen molar-refractivity contribution in [1.29, 1.82) is 0 Å². The summed E-state index contributed by atoms with van der Waals surface area (Å²) in [6, 6.07) is 8.70. The minimum Gasteiger partial charge on any atom is -0.298 e. The molecule has 0 radical (unpaired) electrons. The van der Waals surface area contributed by atoms with Crippen LogP contribution in [0.1, 0.15) is 17.8 Å². The Morgan fingerprint density at radius 2 is 2.19 bits per heavy atom. The number of fused-ring (bicyclic) bond motifs is 3. The fourth-order valence-electron chi connectivity index (χ4n) is 2.54. The largest absolute Gasteiger partial charge is 0.298 e. The van der Waals surface area contributed by atoms with Crippen LogP contribution in [0, 0.1) is 0 Å². The molecule has 2 nitrogen and oxygen atoms in total. The van der Waals surface area contributed by atoms with Gasteiger partial charge in [0.2, 0.25) is 5.69 Å². The molecule has 1 aliphatic heterocycles. The number of likely N-dealkylation sites (N-methyl/N-ethyl adjacent to an activating group) is 1. The van der Waals surface area contributed by atoms with Crippen LogP contribution in [-0.4, -0.2) is 13.6 Å². The average Bonchev–Trinajstić information content (AvgIpc) is 2.74. The third-order valence-corrected chi connectivity index (χ3v) is 4.39. The number of hydrogen-bond acceptors (Lipinski definition) is 1. The Balaban J connectivity index is 2.28. The Hall–Kier alpha value is -1.19. The molecule has 0 spiro atoms. The third-order valence-electron chi connectivity index (χ3n) is 3.29. The van der Waals surface area contributed by atoms with E-state index >= 15 is 0 Å². The summed E-state index contributed by atoms with van der Waals surface area (Å²) >= 11 is 1.86. The van der Waals surface area contributed by atoms with E-state index in [0.29, 0.717) is 5.92 Å². The van der Waals surface area contributed by atoms with Crippen LogP contribution in [0.4, 0.5) is 5.69 Å². The van der Waals surface area contributed by atoms with E-state index < -0.39 is 0 Å². The molecule has 0 amide bonds. The zero-order chi connectivity index (χ0) is 11.1. The van der Waals surface area contributed by atoms with Gasteiger partial charge >= 0.3 is 0 Å². The summed E-state index contributed by atoms with van der Waals surface area (Å²) < 4.78 is 2.35. The van der Waals surface area contributed by atoms with Gasteiger partial charge < -0.3 is 0 Å². The van der Waals surface area contributed by atoms with E-state index in [4.69, 9.17) is 0 Å². The van der Waals surface area contributed by atoms with E-state index in [2.05, 4.69) is 54.4 Å². The summed E-state index contributed by atoms with van der Waals surface area (Å²) in [6.07, 6.45) is 2.19. The zero-order valence-corrected chi connectivity index (χ0v) is 10.4. The standard InChI is InChI=1S/C13H15N2S/c1-10-9-14(2)11-5-3-4-6-12(11)15-7-8-16-13(10)15/h3-8,10H,9H2,1-2H3/q+1/p+1. The Labute approximate surface area is 99.8 Å². The van der Waals surface area contributed by atoms with Gasteiger partial charge in [0, 0.05) is 12.1 Å². The molecule has 1 N–H and O–H groups in total. The molecule has 16 heavy (non-hydrogen) atoms. The number of aromatic nitrogens is 1. The fourth-order valence-corrected chi connectivity index (χ4v) is 3.46. The van der Waals surface area contributed by atoms with Crippen LogP contribution in [0.25, 0.3) is 5.69 Å². The van der Waals surface area contributed by atoms with Gasteiger partial charge in [-0.05, 0) is 6.92 Å². The molecule has 0 saturated heterocycles. The molecule has 2 unspecified atom stereocenters. The topological polar surface area (TPSA) is 8.32 Å². The summed E-state index contributed by atoms with van der Waals surface area (Å²) in [5.41, 5.74) is 2.73. The molecule has 0 aliphatic carbocycles. The Kier molecular flexibility index (Phi) is 2.30. The maximum Gasteiger partial charge on any atom is 0.272 e. The van der Waals surface area contributed by atoms with Crippen molar-refractivity contribution in [3.8, 4) is 5.69 Å². The lowest BCUT2D eigenvalue weighted by Gasteiger charge is -2.11. The van der Waals surface area contributed by atoms with Crippen LogP contribution < -0.4 is 9.47 Å². The molecule has 1 aliphatic rings. The maximum atomic E-state index is 2.35. The first-order chi connectivity index (χ1) is 7.77. The molecule has 2 heterocycles. The summed E-state index contributed by atoms with van der Waals surface area (Å²) in [6.45, 7) is 3.48. The number of quaternary nitrogens is 1. The highest BCUT2D eigenvalue weighted by atomic mass is 32.1. The predicted octanol–water partition coefficient (Wildman–Crippen LogP) is 1.29. The van der Waals surface area contributed by atoms with Crippen molar-refractivity contribution >= 4 is 17.0 Å². The van der Waals surface area contributed by atoms with Gasteiger partial charge in [0.15, 0.2) is 6.20 Å². The van der Waals surface area contributed by atoms with Crippen molar-refractivity contribution in [2.45, 2.75) is 12.8 Å². The van der Waals surface area contributed by atoms with Crippen LogP contribution in [0.5, 0.6) is 0 Å². The number of nitrogens with zero attached hydrogens (tertiary/aromatic N) is 1. The molecule has 3 heteroatoms. The number of benzene rings is 1. The van der Waals surface area contributed by atoms with E-state index in [1.807, 2.05) is 11.3 Å². The van der Waals surface area contributed by atoms with Crippen molar-refractivity contribution in [1.82, 2.24) is 0 Å². The lowest BCUT2D eigenvalue weighted by Crippen LogP contribution is -3.04. The monoisotopic (exact) mass is 232 g/mol. The van der Waals surface area contributed by atoms with Crippen molar-refractivity contribution in [3.05, 3.63) is 40.8 Å². The average molecular weight is 232 g/mol. The molecule has 0 bridgehead atoms. The summed E-state index contributed by atoms with van der Waals surface area (Å²) in [4.78, 5) is 1.50. The SMILES string of the molecule is CC1C[NH+](C)c2ccccc2-[n+]2ccsc21. The molecule has 3 rings (SSSR count). The molecule has 82 valence electrons. The van der Waals surface area contributed by atoms with Gasteiger partial charge in [-0.15, -0.1) is 4.57 Å². The molecule has 2 aromatic rings. The number of rotatable bonds is 0. The smallest absolute Gasteiger partial charge is 0.272 e. The van der Waals surface area contributed by atoms with Crippen molar-refractivity contribution < 1.29 is 9.47 Å². The van der Waals surface area contributed by atoms with E-state index in [1.54, 1.807) is 0 Å². The number of para-hydroxylation sites is 2. The first kappa shape index (κ1) is 10.00. The molecule has 0 saturated carbocycles. The summed E-state index contributed by atoms with van der Waals surface area (Å²) in [5, 5.41) is 3.65. The van der Waals surface area contributed by atoms with Gasteiger partial charge in [0.1, 0.15) is 5.92 Å². The van der Waals surface area contributed by atoms with E-state index in [9.17, 15) is 0 Å². The van der Waals surface area contributed by atoms with Gasteiger partial charge in [-0.1, -0.05) is 23.5 Å². The fraction of sp³-hybridized carbons (Fsp3) is 0.308. The second kappa shape index (κ2) is 3.68. The van der Waals surface area contributed by atoms with Crippen LogP contribution in [0.2, 0.25) is 0 Å². The molecule has 1 aromatic heterocycles. The van der Waals surface area contributed by atoms with Gasteiger partial charge in [0.05, 0.1) is 19.0 Å². The van der Waals surface area contributed by atoms with E-state index in [1.165, 1.54) is 21.3 Å². The highest BCUT2D eigenvalue weighted by Crippen LogP contribution is 2.22. The van der Waals surface area contributed by atoms with Crippen LogP contribution in [-0.2, 0) is 0 Å². The molecule has 2 atom stereocenters. The Morgan fingerprint density at radius 3 is 3.06 bits per heavy atom. The predicted molar refractivity (Wildman–Crippen MR) is 65.7 cm³/mol. The Morgan fingerprint density at radius 1 is 1.38 bits per heavy atom. The van der Waals surface area contributed by atoms with Gasteiger partial charge in [0.25, 0.3) is 10.7 Å². The second-order valence-corrected chi connectivity index (χ2v) is 5.44. The van der Waals surface area contributed by atoms with Crippen LogP contribution in [0.15, 0.2) is 35.8 Å².